The molecule has 0 aliphatic carbocycles. The normalized spacial score (nSPS) is 12.8. The van der Waals surface area contributed by atoms with Crippen molar-refractivity contribution in [2.24, 2.45) is 13.0 Å². The van der Waals surface area contributed by atoms with E-state index < -0.39 is 0 Å². The van der Waals surface area contributed by atoms with E-state index in [2.05, 4.69) is 26.2 Å². The predicted octanol–water partition coefficient (Wildman–Crippen LogP) is 3.85. The molecule has 0 aliphatic rings. The van der Waals surface area contributed by atoms with Crippen molar-refractivity contribution >= 4 is 27.9 Å². The van der Waals surface area contributed by atoms with Crippen molar-refractivity contribution in [2.45, 2.75) is 19.9 Å². The van der Waals surface area contributed by atoms with E-state index in [0.717, 1.165) is 10.3 Å². The number of hydrogen-bond acceptors (Lipinski definition) is 2. The number of carbonyl (C=O) groups is 1. The first kappa shape index (κ1) is 17.4. The number of aromatic nitrogens is 2. The van der Waals surface area contributed by atoms with Gasteiger partial charge in [0.2, 0.25) is 5.91 Å². The number of nitrogens with one attached hydrogen (secondary N) is 1. The van der Waals surface area contributed by atoms with Gasteiger partial charge in [-0.1, -0.05) is 29.8 Å². The lowest BCUT2D eigenvalue weighted by Crippen LogP contribution is -2.32. The Bertz CT molecular complexity index is 724. The molecule has 0 aliphatic heterocycles. The van der Waals surface area contributed by atoms with E-state index in [1.54, 1.807) is 18.3 Å². The summed E-state index contributed by atoms with van der Waals surface area (Å²) in [6, 6.07) is 4.38. The van der Waals surface area contributed by atoms with E-state index in [9.17, 15) is 9.18 Å². The molecule has 23 heavy (non-hydrogen) atoms. The van der Waals surface area contributed by atoms with Gasteiger partial charge in [-0.3, -0.25) is 4.79 Å². The number of nitrogens with zero attached hydrogens (tertiary/aromatic N) is 2. The average Bonchev–Trinajstić information content (AvgIpc) is 2.91. The Morgan fingerprint density at radius 1 is 1.43 bits per heavy atom. The van der Waals surface area contributed by atoms with Gasteiger partial charge in [0.15, 0.2) is 0 Å². The number of hydrogen-bond donors (Lipinski definition) is 1. The zero-order chi connectivity index (χ0) is 17.0. The van der Waals surface area contributed by atoms with Crippen LogP contribution in [-0.4, -0.2) is 15.5 Å². The van der Waals surface area contributed by atoms with Gasteiger partial charge in [-0.2, -0.15) is 0 Å². The minimum absolute atomic E-state index is 0.177. The van der Waals surface area contributed by atoms with Crippen LogP contribution >= 0.6 is 15.9 Å². The highest BCUT2D eigenvalue weighted by atomic mass is 79.9. The zero-order valence-corrected chi connectivity index (χ0v) is 14.8. The van der Waals surface area contributed by atoms with Gasteiger partial charge in [-0.25, -0.2) is 9.37 Å². The fraction of sp³-hybridized carbons (Fsp3) is 0.294. The van der Waals surface area contributed by atoms with Gasteiger partial charge in [-0.05, 0) is 30.2 Å². The van der Waals surface area contributed by atoms with Crippen molar-refractivity contribution in [1.29, 1.82) is 0 Å². The molecular weight excluding hydrogens is 361 g/mol. The monoisotopic (exact) mass is 379 g/mol. The summed E-state index contributed by atoms with van der Waals surface area (Å²) in [4.78, 5) is 16.5. The average molecular weight is 380 g/mol. The molecule has 0 bridgehead atoms. The van der Waals surface area contributed by atoms with Crippen LogP contribution in [0.3, 0.4) is 0 Å². The van der Waals surface area contributed by atoms with E-state index in [1.165, 1.54) is 18.2 Å². The highest BCUT2D eigenvalue weighted by molar-refractivity contribution is 9.10. The molecule has 0 saturated carbocycles. The Morgan fingerprint density at radius 2 is 2.17 bits per heavy atom. The predicted molar refractivity (Wildman–Crippen MR) is 92.1 cm³/mol. The molecule has 0 spiro atoms. The molecule has 1 unspecified atom stereocenters. The minimum atomic E-state index is -0.373. The van der Waals surface area contributed by atoms with Crippen LogP contribution < -0.4 is 5.32 Å². The van der Waals surface area contributed by atoms with Crippen LogP contribution in [0.4, 0.5) is 4.39 Å². The topological polar surface area (TPSA) is 46.9 Å². The van der Waals surface area contributed by atoms with E-state index in [-0.39, 0.29) is 23.7 Å². The van der Waals surface area contributed by atoms with Gasteiger partial charge >= 0.3 is 0 Å². The molecule has 122 valence electrons. The van der Waals surface area contributed by atoms with Crippen LogP contribution in [0, 0.1) is 11.7 Å². The van der Waals surface area contributed by atoms with E-state index in [0.29, 0.717) is 5.56 Å². The van der Waals surface area contributed by atoms with Gasteiger partial charge < -0.3 is 9.88 Å². The quantitative estimate of drug-likeness (QED) is 0.801. The largest absolute Gasteiger partial charge is 0.342 e. The third kappa shape index (κ3) is 4.51. The van der Waals surface area contributed by atoms with Crippen molar-refractivity contribution in [3.05, 3.63) is 58.3 Å². The summed E-state index contributed by atoms with van der Waals surface area (Å²) >= 11 is 3.28. The number of halogens is 2. The molecule has 1 aromatic heterocycles. The molecule has 2 aromatic rings. The lowest BCUT2D eigenvalue weighted by molar-refractivity contribution is -0.117. The lowest BCUT2D eigenvalue weighted by Gasteiger charge is -2.21. The van der Waals surface area contributed by atoms with Gasteiger partial charge in [0.25, 0.3) is 0 Å². The molecular formula is C17H19BrFN3O. The first-order valence-electron chi connectivity index (χ1n) is 7.29. The number of aryl methyl sites for hydroxylation is 1. The van der Waals surface area contributed by atoms with Crippen LogP contribution in [0.15, 0.2) is 41.1 Å². The molecule has 0 fully saturated rings. The maximum Gasteiger partial charge on any atom is 0.244 e. The van der Waals surface area contributed by atoms with Gasteiger partial charge in [0.1, 0.15) is 11.6 Å². The summed E-state index contributed by atoms with van der Waals surface area (Å²) < 4.78 is 16.3. The number of benzene rings is 1. The van der Waals surface area contributed by atoms with Crippen molar-refractivity contribution in [3.63, 3.8) is 0 Å². The highest BCUT2D eigenvalue weighted by Gasteiger charge is 2.21. The molecule has 1 aromatic carbocycles. The maximum atomic E-state index is 13.7. The molecule has 6 heteroatoms. The minimum Gasteiger partial charge on any atom is -0.342 e. The molecule has 4 nitrogen and oxygen atoms in total. The molecule has 2 rings (SSSR count). The molecule has 1 N–H and O–H groups in total. The van der Waals surface area contributed by atoms with E-state index >= 15 is 0 Å². The van der Waals surface area contributed by atoms with Crippen molar-refractivity contribution < 1.29 is 9.18 Å². The first-order chi connectivity index (χ1) is 10.9. The summed E-state index contributed by atoms with van der Waals surface area (Å²) in [6.07, 6.45) is 6.33. The molecule has 1 amide bonds. The SMILES string of the molecule is CC(C)C(NC(=O)C=Cc1cc(Br)ccc1F)c1nccn1C. The van der Waals surface area contributed by atoms with Crippen LogP contribution in [0.5, 0.6) is 0 Å². The zero-order valence-electron chi connectivity index (χ0n) is 13.3. The second-order valence-electron chi connectivity index (χ2n) is 5.63. The fourth-order valence-electron chi connectivity index (χ4n) is 2.22. The number of amides is 1. The Morgan fingerprint density at radius 3 is 2.78 bits per heavy atom. The number of rotatable bonds is 5. The Kier molecular flexibility index (Phi) is 5.71. The van der Waals surface area contributed by atoms with E-state index in [4.69, 9.17) is 0 Å². The summed E-state index contributed by atoms with van der Waals surface area (Å²) in [5.41, 5.74) is 0.354. The Hall–Kier alpha value is -1.95. The third-order valence-electron chi connectivity index (χ3n) is 3.47. The summed E-state index contributed by atoms with van der Waals surface area (Å²) in [5, 5.41) is 2.92. The van der Waals surface area contributed by atoms with E-state index in [1.807, 2.05) is 31.7 Å². The van der Waals surface area contributed by atoms with Crippen molar-refractivity contribution in [1.82, 2.24) is 14.9 Å². The molecule has 0 radical (unpaired) electrons. The maximum absolute atomic E-state index is 13.7. The van der Waals surface area contributed by atoms with Crippen molar-refractivity contribution in [2.75, 3.05) is 0 Å². The summed E-state index contributed by atoms with van der Waals surface area (Å²) in [7, 11) is 1.89. The van der Waals surface area contributed by atoms with Crippen LogP contribution in [-0.2, 0) is 11.8 Å². The van der Waals surface area contributed by atoms with Crippen LogP contribution in [0.1, 0.15) is 31.3 Å². The number of carbonyl (C=O) groups excluding carboxylic acids is 1. The van der Waals surface area contributed by atoms with Gasteiger partial charge in [-0.15, -0.1) is 0 Å². The van der Waals surface area contributed by atoms with Gasteiger partial charge in [0.05, 0.1) is 6.04 Å². The fourth-order valence-corrected chi connectivity index (χ4v) is 2.59. The van der Waals surface area contributed by atoms with Crippen LogP contribution in [0.2, 0.25) is 0 Å². The lowest BCUT2D eigenvalue weighted by atomic mass is 10.0. The van der Waals surface area contributed by atoms with Gasteiger partial charge in [0, 0.05) is 35.6 Å². The second kappa shape index (κ2) is 7.55. The summed E-state index contributed by atoms with van der Waals surface area (Å²) in [6.45, 7) is 4.02. The standard InChI is InChI=1S/C17H19BrFN3O/c1-11(2)16(17-20-8-9-22(17)3)21-15(23)7-4-12-10-13(18)5-6-14(12)19/h4-11,16H,1-3H3,(H,21,23). The highest BCUT2D eigenvalue weighted by Crippen LogP contribution is 2.20. The van der Waals surface area contributed by atoms with Crippen LogP contribution in [0.25, 0.3) is 6.08 Å². The third-order valence-corrected chi connectivity index (χ3v) is 3.97. The van der Waals surface area contributed by atoms with Crippen molar-refractivity contribution in [3.8, 4) is 0 Å². The molecule has 1 atom stereocenters. The first-order valence-corrected chi connectivity index (χ1v) is 8.08. The number of imidazole rings is 1. The molecule has 1 heterocycles. The summed E-state index contributed by atoms with van der Waals surface area (Å²) in [5.74, 6) is 0.305. The second-order valence-corrected chi connectivity index (χ2v) is 6.54. The Labute approximate surface area is 143 Å². The Balaban J connectivity index is 2.12. The molecule has 0 saturated heterocycles. The smallest absolute Gasteiger partial charge is 0.244 e.